The molecule has 3 rings (SSSR count). The minimum atomic E-state index is -0.0499. The van der Waals surface area contributed by atoms with Gasteiger partial charge in [-0.1, -0.05) is 12.1 Å². The van der Waals surface area contributed by atoms with Crippen LogP contribution in [0.25, 0.3) is 0 Å². The SMILES string of the molecule is CCOC(=O)C1CCCN(c2ccc(CN3CCOCC3)cc2)C1. The lowest BCUT2D eigenvalue weighted by Crippen LogP contribution is -2.39. The number of anilines is 1. The summed E-state index contributed by atoms with van der Waals surface area (Å²) in [5, 5.41) is 0. The van der Waals surface area contributed by atoms with Crippen LogP contribution in [0, 0.1) is 5.92 Å². The lowest BCUT2D eigenvalue weighted by molar-refractivity contribution is -0.148. The summed E-state index contributed by atoms with van der Waals surface area (Å²) in [5.41, 5.74) is 2.54. The number of esters is 1. The Bertz CT molecular complexity index is 526. The molecule has 1 aromatic rings. The minimum absolute atomic E-state index is 0.00623. The highest BCUT2D eigenvalue weighted by Crippen LogP contribution is 2.24. The van der Waals surface area contributed by atoms with Gasteiger partial charge in [0.15, 0.2) is 0 Å². The van der Waals surface area contributed by atoms with Crippen molar-refractivity contribution in [1.82, 2.24) is 4.90 Å². The standard InChI is InChI=1S/C19H28N2O3/c1-2-24-19(22)17-4-3-9-21(15-17)18-7-5-16(6-8-18)14-20-10-12-23-13-11-20/h5-8,17H,2-4,9-15H2,1H3. The van der Waals surface area contributed by atoms with E-state index >= 15 is 0 Å². The number of ether oxygens (including phenoxy) is 2. The normalized spacial score (nSPS) is 22.4. The van der Waals surface area contributed by atoms with Gasteiger partial charge in [0.1, 0.15) is 0 Å². The van der Waals surface area contributed by atoms with Crippen LogP contribution in [-0.4, -0.2) is 56.9 Å². The van der Waals surface area contributed by atoms with Gasteiger partial charge in [-0.3, -0.25) is 9.69 Å². The molecule has 0 radical (unpaired) electrons. The van der Waals surface area contributed by atoms with Crippen LogP contribution in [0.4, 0.5) is 5.69 Å². The molecular weight excluding hydrogens is 304 g/mol. The summed E-state index contributed by atoms with van der Waals surface area (Å²) in [6, 6.07) is 8.78. The molecular formula is C19H28N2O3. The van der Waals surface area contributed by atoms with E-state index in [1.165, 1.54) is 11.3 Å². The summed E-state index contributed by atoms with van der Waals surface area (Å²) in [7, 11) is 0. The molecule has 2 saturated heterocycles. The molecule has 0 aliphatic carbocycles. The molecule has 1 atom stereocenters. The number of hydrogen-bond acceptors (Lipinski definition) is 5. The summed E-state index contributed by atoms with van der Waals surface area (Å²) in [4.78, 5) is 16.7. The van der Waals surface area contributed by atoms with Crippen LogP contribution >= 0.6 is 0 Å². The van der Waals surface area contributed by atoms with E-state index < -0.39 is 0 Å². The molecule has 2 heterocycles. The van der Waals surface area contributed by atoms with Gasteiger partial charge in [0.2, 0.25) is 0 Å². The summed E-state index contributed by atoms with van der Waals surface area (Å²) < 4.78 is 10.6. The van der Waals surface area contributed by atoms with Crippen molar-refractivity contribution < 1.29 is 14.3 Å². The largest absolute Gasteiger partial charge is 0.466 e. The third kappa shape index (κ3) is 4.48. The van der Waals surface area contributed by atoms with E-state index in [4.69, 9.17) is 9.47 Å². The first-order valence-electron chi connectivity index (χ1n) is 9.07. The molecule has 0 amide bonds. The molecule has 0 bridgehead atoms. The van der Waals surface area contributed by atoms with E-state index in [9.17, 15) is 4.79 Å². The number of nitrogens with zero attached hydrogens (tertiary/aromatic N) is 2. The molecule has 0 aromatic heterocycles. The second-order valence-electron chi connectivity index (χ2n) is 6.59. The average Bonchev–Trinajstić information content (AvgIpc) is 2.63. The molecule has 24 heavy (non-hydrogen) atoms. The highest BCUT2D eigenvalue weighted by Gasteiger charge is 2.26. The lowest BCUT2D eigenvalue weighted by Gasteiger charge is -2.33. The number of carbonyl (C=O) groups excluding carboxylic acids is 1. The Balaban J connectivity index is 1.57. The Hall–Kier alpha value is -1.59. The first-order chi connectivity index (χ1) is 11.8. The van der Waals surface area contributed by atoms with Gasteiger partial charge in [-0.2, -0.15) is 0 Å². The van der Waals surface area contributed by atoms with E-state index in [2.05, 4.69) is 34.1 Å². The van der Waals surface area contributed by atoms with Gasteiger partial charge in [-0.25, -0.2) is 0 Å². The third-order valence-electron chi connectivity index (χ3n) is 4.85. The zero-order valence-electron chi connectivity index (χ0n) is 14.6. The molecule has 5 nitrogen and oxygen atoms in total. The summed E-state index contributed by atoms with van der Waals surface area (Å²) in [6.45, 7) is 8.78. The summed E-state index contributed by atoms with van der Waals surface area (Å²) in [5.74, 6) is -0.0436. The van der Waals surface area contributed by atoms with Gasteiger partial charge in [0.05, 0.1) is 25.7 Å². The van der Waals surface area contributed by atoms with Gasteiger partial charge in [0, 0.05) is 38.4 Å². The highest BCUT2D eigenvalue weighted by atomic mass is 16.5. The number of carbonyl (C=O) groups is 1. The zero-order valence-corrected chi connectivity index (χ0v) is 14.6. The third-order valence-corrected chi connectivity index (χ3v) is 4.85. The number of morpholine rings is 1. The van der Waals surface area contributed by atoms with Crippen molar-refractivity contribution in [3.05, 3.63) is 29.8 Å². The predicted molar refractivity (Wildman–Crippen MR) is 94.1 cm³/mol. The van der Waals surface area contributed by atoms with Gasteiger partial charge >= 0.3 is 5.97 Å². The van der Waals surface area contributed by atoms with E-state index in [0.717, 1.165) is 58.8 Å². The topological polar surface area (TPSA) is 42.0 Å². The van der Waals surface area contributed by atoms with Crippen LogP contribution in [0.1, 0.15) is 25.3 Å². The van der Waals surface area contributed by atoms with Crippen molar-refractivity contribution in [2.75, 3.05) is 50.9 Å². The average molecular weight is 332 g/mol. The number of rotatable bonds is 5. The summed E-state index contributed by atoms with van der Waals surface area (Å²) >= 11 is 0. The van der Waals surface area contributed by atoms with Crippen LogP contribution in [0.3, 0.4) is 0 Å². The van der Waals surface area contributed by atoms with E-state index in [1.54, 1.807) is 0 Å². The molecule has 1 unspecified atom stereocenters. The Morgan fingerprint density at radius 3 is 2.67 bits per heavy atom. The minimum Gasteiger partial charge on any atom is -0.466 e. The van der Waals surface area contributed by atoms with E-state index in [1.807, 2.05) is 6.92 Å². The molecule has 2 aliphatic rings. The van der Waals surface area contributed by atoms with Crippen molar-refractivity contribution in [2.24, 2.45) is 5.92 Å². The second kappa shape index (κ2) is 8.49. The monoisotopic (exact) mass is 332 g/mol. The molecule has 2 fully saturated rings. The Kier molecular flexibility index (Phi) is 6.10. The van der Waals surface area contributed by atoms with Gasteiger partial charge < -0.3 is 14.4 Å². The maximum atomic E-state index is 12.0. The molecule has 1 aromatic carbocycles. The number of hydrogen-bond donors (Lipinski definition) is 0. The molecule has 5 heteroatoms. The van der Waals surface area contributed by atoms with Gasteiger partial charge in [-0.05, 0) is 37.5 Å². The van der Waals surface area contributed by atoms with Crippen LogP contribution < -0.4 is 4.90 Å². The van der Waals surface area contributed by atoms with Crippen LogP contribution in [0.15, 0.2) is 24.3 Å². The van der Waals surface area contributed by atoms with Gasteiger partial charge in [-0.15, -0.1) is 0 Å². The molecule has 132 valence electrons. The predicted octanol–water partition coefficient (Wildman–Crippen LogP) is 2.30. The highest BCUT2D eigenvalue weighted by molar-refractivity contribution is 5.73. The number of benzene rings is 1. The van der Waals surface area contributed by atoms with Crippen molar-refractivity contribution in [2.45, 2.75) is 26.3 Å². The zero-order chi connectivity index (χ0) is 16.8. The fourth-order valence-corrected chi connectivity index (χ4v) is 3.49. The van der Waals surface area contributed by atoms with Crippen LogP contribution in [-0.2, 0) is 20.8 Å². The maximum absolute atomic E-state index is 12.0. The first kappa shape index (κ1) is 17.2. The molecule has 0 saturated carbocycles. The Labute approximate surface area is 144 Å². The van der Waals surface area contributed by atoms with Gasteiger partial charge in [0.25, 0.3) is 0 Å². The second-order valence-corrected chi connectivity index (χ2v) is 6.59. The smallest absolute Gasteiger partial charge is 0.310 e. The molecule has 0 N–H and O–H groups in total. The van der Waals surface area contributed by atoms with E-state index in [0.29, 0.717) is 6.61 Å². The summed E-state index contributed by atoms with van der Waals surface area (Å²) in [6.07, 6.45) is 1.98. The Morgan fingerprint density at radius 1 is 1.21 bits per heavy atom. The van der Waals surface area contributed by atoms with Crippen molar-refractivity contribution in [1.29, 1.82) is 0 Å². The fraction of sp³-hybridized carbons (Fsp3) is 0.632. The van der Waals surface area contributed by atoms with Crippen molar-refractivity contribution in [3.63, 3.8) is 0 Å². The van der Waals surface area contributed by atoms with Crippen LogP contribution in [0.5, 0.6) is 0 Å². The fourth-order valence-electron chi connectivity index (χ4n) is 3.49. The molecule has 0 spiro atoms. The maximum Gasteiger partial charge on any atom is 0.310 e. The Morgan fingerprint density at radius 2 is 1.96 bits per heavy atom. The molecule has 2 aliphatic heterocycles. The lowest BCUT2D eigenvalue weighted by atomic mass is 9.97. The first-order valence-corrected chi connectivity index (χ1v) is 9.07. The van der Waals surface area contributed by atoms with Crippen molar-refractivity contribution >= 4 is 11.7 Å². The number of piperidine rings is 1. The quantitative estimate of drug-likeness (QED) is 0.774. The van der Waals surface area contributed by atoms with Crippen LogP contribution in [0.2, 0.25) is 0 Å². The van der Waals surface area contributed by atoms with E-state index in [-0.39, 0.29) is 11.9 Å². The van der Waals surface area contributed by atoms with Crippen molar-refractivity contribution in [3.8, 4) is 0 Å².